The molecule has 0 amide bonds. The Labute approximate surface area is 136 Å². The molecule has 2 atom stereocenters. The zero-order chi connectivity index (χ0) is 15.4. The summed E-state index contributed by atoms with van der Waals surface area (Å²) >= 11 is 1.75. The minimum Gasteiger partial charge on any atom is -0.393 e. The molecule has 1 aliphatic rings. The lowest BCUT2D eigenvalue weighted by molar-refractivity contribution is 0.0595. The Kier molecular flexibility index (Phi) is 5.24. The van der Waals surface area contributed by atoms with Crippen LogP contribution in [-0.2, 0) is 13.0 Å². The second kappa shape index (κ2) is 7.36. The third-order valence-corrected chi connectivity index (χ3v) is 5.30. The number of piperidine rings is 1. The lowest BCUT2D eigenvalue weighted by Crippen LogP contribution is -2.39. The topological polar surface area (TPSA) is 36.4 Å². The van der Waals surface area contributed by atoms with Crippen molar-refractivity contribution < 1.29 is 5.11 Å². The Morgan fingerprint density at radius 3 is 2.95 bits per heavy atom. The minimum absolute atomic E-state index is 0.202. The molecule has 1 fully saturated rings. The Bertz CT molecular complexity index is 582. The molecule has 1 aromatic carbocycles. The molecule has 1 saturated heterocycles. The lowest BCUT2D eigenvalue weighted by atomic mass is 9.93. The third kappa shape index (κ3) is 4.15. The van der Waals surface area contributed by atoms with Crippen molar-refractivity contribution in [2.45, 2.75) is 38.8 Å². The summed E-state index contributed by atoms with van der Waals surface area (Å²) in [5.41, 5.74) is 2.48. The highest BCUT2D eigenvalue weighted by Crippen LogP contribution is 2.22. The lowest BCUT2D eigenvalue weighted by Gasteiger charge is -2.33. The number of hydrogen-bond acceptors (Lipinski definition) is 4. The summed E-state index contributed by atoms with van der Waals surface area (Å²) in [5.74, 6) is 0.413. The number of aromatic nitrogens is 1. The van der Waals surface area contributed by atoms with Gasteiger partial charge in [-0.1, -0.05) is 30.3 Å². The molecule has 0 saturated carbocycles. The maximum Gasteiger partial charge on any atom is 0.0972 e. The molecule has 2 aromatic rings. The Balaban J connectivity index is 1.57. The van der Waals surface area contributed by atoms with Crippen molar-refractivity contribution in [1.82, 2.24) is 9.88 Å². The van der Waals surface area contributed by atoms with Gasteiger partial charge in [-0.15, -0.1) is 11.3 Å². The molecule has 3 nitrogen and oxygen atoms in total. The largest absolute Gasteiger partial charge is 0.393 e. The monoisotopic (exact) mass is 316 g/mol. The summed E-state index contributed by atoms with van der Waals surface area (Å²) in [5, 5.41) is 13.2. The van der Waals surface area contributed by atoms with Gasteiger partial charge in [0, 0.05) is 24.9 Å². The van der Waals surface area contributed by atoms with Gasteiger partial charge in [-0.3, -0.25) is 4.90 Å². The fraction of sp³-hybridized carbons (Fsp3) is 0.500. The molecule has 4 heteroatoms. The molecule has 2 unspecified atom stereocenters. The van der Waals surface area contributed by atoms with E-state index in [9.17, 15) is 5.11 Å². The van der Waals surface area contributed by atoms with E-state index in [1.54, 1.807) is 11.3 Å². The van der Waals surface area contributed by atoms with Crippen LogP contribution >= 0.6 is 11.3 Å². The number of benzene rings is 1. The van der Waals surface area contributed by atoms with Gasteiger partial charge in [-0.05, 0) is 37.8 Å². The van der Waals surface area contributed by atoms with Crippen LogP contribution in [0.25, 0.3) is 0 Å². The summed E-state index contributed by atoms with van der Waals surface area (Å²) < 4.78 is 0. The standard InChI is InChI=1S/C18H24N2OS/c1-14(21)16-8-5-9-20(11-16)12-17-13-22-18(19-17)10-15-6-3-2-4-7-15/h2-4,6-7,13-14,16,21H,5,8-12H2,1H3. The molecule has 118 valence electrons. The van der Waals surface area contributed by atoms with E-state index in [1.807, 2.05) is 13.0 Å². The third-order valence-electron chi connectivity index (χ3n) is 4.41. The first kappa shape index (κ1) is 15.7. The van der Waals surface area contributed by atoms with E-state index in [2.05, 4.69) is 34.5 Å². The number of likely N-dealkylation sites (tertiary alicyclic amines) is 1. The molecular weight excluding hydrogens is 292 g/mol. The average Bonchev–Trinajstić information content (AvgIpc) is 2.95. The van der Waals surface area contributed by atoms with E-state index >= 15 is 0 Å². The molecule has 1 N–H and O–H groups in total. The van der Waals surface area contributed by atoms with Gasteiger partial charge in [0.05, 0.1) is 16.8 Å². The fourth-order valence-corrected chi connectivity index (χ4v) is 3.95. The highest BCUT2D eigenvalue weighted by atomic mass is 32.1. The molecule has 22 heavy (non-hydrogen) atoms. The summed E-state index contributed by atoms with van der Waals surface area (Å²) in [6.07, 6.45) is 3.04. The van der Waals surface area contributed by atoms with Gasteiger partial charge in [0.25, 0.3) is 0 Å². The normalized spacial score (nSPS) is 20.9. The van der Waals surface area contributed by atoms with E-state index in [1.165, 1.54) is 22.7 Å². The van der Waals surface area contributed by atoms with Crippen LogP contribution in [-0.4, -0.2) is 34.2 Å². The molecular formula is C18H24N2OS. The van der Waals surface area contributed by atoms with Crippen LogP contribution in [0.15, 0.2) is 35.7 Å². The summed E-state index contributed by atoms with van der Waals surface area (Å²) in [6.45, 7) is 4.93. The maximum absolute atomic E-state index is 9.79. The van der Waals surface area contributed by atoms with E-state index in [0.29, 0.717) is 5.92 Å². The molecule has 0 radical (unpaired) electrons. The molecule has 0 bridgehead atoms. The molecule has 0 spiro atoms. The number of nitrogens with zero attached hydrogens (tertiary/aromatic N) is 2. The van der Waals surface area contributed by atoms with Crippen molar-refractivity contribution in [2.75, 3.05) is 13.1 Å². The van der Waals surface area contributed by atoms with Crippen molar-refractivity contribution in [3.8, 4) is 0 Å². The zero-order valence-corrected chi connectivity index (χ0v) is 13.9. The van der Waals surface area contributed by atoms with Gasteiger partial charge in [-0.25, -0.2) is 4.98 Å². The van der Waals surface area contributed by atoms with Crippen LogP contribution in [0.2, 0.25) is 0 Å². The van der Waals surface area contributed by atoms with Crippen molar-refractivity contribution in [3.05, 3.63) is 52.0 Å². The molecule has 0 aliphatic carbocycles. The number of hydrogen-bond donors (Lipinski definition) is 1. The van der Waals surface area contributed by atoms with Gasteiger partial charge >= 0.3 is 0 Å². The number of aliphatic hydroxyl groups is 1. The van der Waals surface area contributed by atoms with E-state index in [4.69, 9.17) is 4.98 Å². The summed E-state index contributed by atoms with van der Waals surface area (Å²) in [6, 6.07) is 10.5. The highest BCUT2D eigenvalue weighted by Gasteiger charge is 2.23. The Hall–Kier alpha value is -1.23. The van der Waals surface area contributed by atoms with Crippen molar-refractivity contribution in [3.63, 3.8) is 0 Å². The van der Waals surface area contributed by atoms with E-state index < -0.39 is 0 Å². The fourth-order valence-electron chi connectivity index (χ4n) is 3.13. The molecule has 1 aliphatic heterocycles. The van der Waals surface area contributed by atoms with Crippen LogP contribution in [0.1, 0.15) is 36.0 Å². The van der Waals surface area contributed by atoms with Crippen molar-refractivity contribution in [1.29, 1.82) is 0 Å². The Morgan fingerprint density at radius 2 is 2.18 bits per heavy atom. The first-order valence-electron chi connectivity index (χ1n) is 8.08. The predicted molar refractivity (Wildman–Crippen MR) is 91.0 cm³/mol. The molecule has 2 heterocycles. The minimum atomic E-state index is -0.202. The number of aliphatic hydroxyl groups excluding tert-OH is 1. The Morgan fingerprint density at radius 1 is 1.36 bits per heavy atom. The molecule has 3 rings (SSSR count). The average molecular weight is 316 g/mol. The van der Waals surface area contributed by atoms with Crippen molar-refractivity contribution in [2.24, 2.45) is 5.92 Å². The van der Waals surface area contributed by atoms with Crippen LogP contribution in [0.3, 0.4) is 0 Å². The SMILES string of the molecule is CC(O)C1CCCN(Cc2csc(Cc3ccccc3)n2)C1. The van der Waals surface area contributed by atoms with Crippen LogP contribution in [0, 0.1) is 5.92 Å². The van der Waals surface area contributed by atoms with Gasteiger partial charge in [-0.2, -0.15) is 0 Å². The first-order chi connectivity index (χ1) is 10.7. The van der Waals surface area contributed by atoms with Gasteiger partial charge in [0.1, 0.15) is 0 Å². The zero-order valence-electron chi connectivity index (χ0n) is 13.1. The second-order valence-electron chi connectivity index (χ2n) is 6.27. The van der Waals surface area contributed by atoms with Crippen LogP contribution in [0.5, 0.6) is 0 Å². The first-order valence-corrected chi connectivity index (χ1v) is 8.96. The van der Waals surface area contributed by atoms with Gasteiger partial charge in [0.15, 0.2) is 0 Å². The predicted octanol–water partition coefficient (Wildman–Crippen LogP) is 3.33. The van der Waals surface area contributed by atoms with E-state index in [-0.39, 0.29) is 6.10 Å². The van der Waals surface area contributed by atoms with Gasteiger partial charge in [0.2, 0.25) is 0 Å². The van der Waals surface area contributed by atoms with Gasteiger partial charge < -0.3 is 5.11 Å². The van der Waals surface area contributed by atoms with E-state index in [0.717, 1.165) is 32.5 Å². The van der Waals surface area contributed by atoms with Crippen molar-refractivity contribution >= 4 is 11.3 Å². The second-order valence-corrected chi connectivity index (χ2v) is 7.22. The molecule has 1 aromatic heterocycles. The number of rotatable bonds is 5. The summed E-state index contributed by atoms with van der Waals surface area (Å²) in [7, 11) is 0. The number of thiazole rings is 1. The van der Waals surface area contributed by atoms with Crippen LogP contribution in [0.4, 0.5) is 0 Å². The smallest absolute Gasteiger partial charge is 0.0972 e. The highest BCUT2D eigenvalue weighted by molar-refractivity contribution is 7.09. The summed E-state index contributed by atoms with van der Waals surface area (Å²) in [4.78, 5) is 7.22. The van der Waals surface area contributed by atoms with Crippen LogP contribution < -0.4 is 0 Å². The maximum atomic E-state index is 9.79. The quantitative estimate of drug-likeness (QED) is 0.919.